The summed E-state index contributed by atoms with van der Waals surface area (Å²) in [4.78, 5) is 15.9. The van der Waals surface area contributed by atoms with Gasteiger partial charge < -0.3 is 14.5 Å². The Morgan fingerprint density at radius 1 is 1.10 bits per heavy atom. The number of hydrogen-bond donors (Lipinski definition) is 2. The first-order valence-corrected chi connectivity index (χ1v) is 10.0. The molecule has 5 nitrogen and oxygen atoms in total. The van der Waals surface area contributed by atoms with E-state index in [0.717, 1.165) is 17.5 Å². The van der Waals surface area contributed by atoms with Gasteiger partial charge in [-0.1, -0.05) is 30.3 Å². The molecule has 0 spiro atoms. The molecule has 4 rings (SSSR count). The number of esters is 1. The average Bonchev–Trinajstić information content (AvgIpc) is 3.05. The molecule has 0 saturated heterocycles. The Bertz CT molecular complexity index is 1010. The number of H-pyrrole nitrogens is 1. The standard InChI is InChI=1S/C24H28N2O3/c1-24(2,3)29-23(27)16-11-9-15(10-12-16)21-22-19(13-17(25-21)14-28-4)18-7-5-6-8-20(18)26-22/h5-12,17,21,25-26H,13-14H2,1-4H3/t17-,21+/m1/s1. The lowest BCUT2D eigenvalue weighted by atomic mass is 9.90. The first-order valence-electron chi connectivity index (χ1n) is 10.0. The Labute approximate surface area is 171 Å². The summed E-state index contributed by atoms with van der Waals surface area (Å²) in [6, 6.07) is 16.3. The second-order valence-corrected chi connectivity index (χ2v) is 8.64. The van der Waals surface area contributed by atoms with E-state index < -0.39 is 5.60 Å². The molecule has 1 aromatic heterocycles. The molecule has 3 aromatic rings. The number of carbonyl (C=O) groups excluding carboxylic acids is 1. The van der Waals surface area contributed by atoms with Gasteiger partial charge in [-0.2, -0.15) is 0 Å². The van der Waals surface area contributed by atoms with Gasteiger partial charge in [-0.25, -0.2) is 4.79 Å². The first-order chi connectivity index (χ1) is 13.9. The molecule has 1 aliphatic rings. The molecule has 2 heterocycles. The van der Waals surface area contributed by atoms with Crippen molar-refractivity contribution in [2.75, 3.05) is 13.7 Å². The number of ether oxygens (including phenoxy) is 2. The summed E-state index contributed by atoms with van der Waals surface area (Å²) < 4.78 is 10.9. The first kappa shape index (κ1) is 19.7. The van der Waals surface area contributed by atoms with Gasteiger partial charge in [-0.3, -0.25) is 5.32 Å². The molecule has 1 aliphatic heterocycles. The van der Waals surface area contributed by atoms with Crippen molar-refractivity contribution in [3.8, 4) is 0 Å². The van der Waals surface area contributed by atoms with Gasteiger partial charge in [0.15, 0.2) is 0 Å². The number of hydrogen-bond acceptors (Lipinski definition) is 4. The fraction of sp³-hybridized carbons (Fsp3) is 0.375. The minimum Gasteiger partial charge on any atom is -0.456 e. The van der Waals surface area contributed by atoms with Gasteiger partial charge in [-0.05, 0) is 56.5 Å². The topological polar surface area (TPSA) is 63.4 Å². The summed E-state index contributed by atoms with van der Waals surface area (Å²) in [6.07, 6.45) is 0.916. The van der Waals surface area contributed by atoms with Gasteiger partial charge in [0.1, 0.15) is 5.60 Å². The van der Waals surface area contributed by atoms with E-state index in [1.807, 2.05) is 45.0 Å². The van der Waals surface area contributed by atoms with E-state index in [1.165, 1.54) is 16.6 Å². The van der Waals surface area contributed by atoms with E-state index in [0.29, 0.717) is 12.2 Å². The second kappa shape index (κ2) is 7.65. The number of rotatable bonds is 4. The predicted octanol–water partition coefficient (Wildman–Crippen LogP) is 4.37. The number of para-hydroxylation sites is 1. The highest BCUT2D eigenvalue weighted by atomic mass is 16.6. The normalized spacial score (nSPS) is 19.2. The Morgan fingerprint density at radius 3 is 2.52 bits per heavy atom. The lowest BCUT2D eigenvalue weighted by molar-refractivity contribution is 0.00695. The maximum atomic E-state index is 12.3. The van der Waals surface area contributed by atoms with Crippen LogP contribution < -0.4 is 5.32 Å². The van der Waals surface area contributed by atoms with E-state index in [9.17, 15) is 4.79 Å². The van der Waals surface area contributed by atoms with Gasteiger partial charge in [0.05, 0.1) is 18.2 Å². The Kier molecular flexibility index (Phi) is 5.19. The Hall–Kier alpha value is -2.63. The summed E-state index contributed by atoms with van der Waals surface area (Å²) in [6.45, 7) is 6.27. The molecule has 2 aromatic carbocycles. The van der Waals surface area contributed by atoms with Crippen LogP contribution in [0.3, 0.4) is 0 Å². The Balaban J connectivity index is 1.68. The smallest absolute Gasteiger partial charge is 0.338 e. The maximum Gasteiger partial charge on any atom is 0.338 e. The fourth-order valence-electron chi connectivity index (χ4n) is 4.03. The van der Waals surface area contributed by atoms with Gasteiger partial charge >= 0.3 is 5.97 Å². The SMILES string of the molecule is COC[C@H]1Cc2c([nH]c3ccccc23)[C@H](c2ccc(C(=O)OC(C)(C)C)cc2)N1. The number of aromatic amines is 1. The third kappa shape index (κ3) is 4.07. The highest BCUT2D eigenvalue weighted by molar-refractivity contribution is 5.90. The van der Waals surface area contributed by atoms with E-state index in [4.69, 9.17) is 9.47 Å². The molecule has 0 radical (unpaired) electrons. The highest BCUT2D eigenvalue weighted by Crippen LogP contribution is 2.35. The minimum atomic E-state index is -0.507. The van der Waals surface area contributed by atoms with E-state index in [1.54, 1.807) is 7.11 Å². The fourth-order valence-corrected chi connectivity index (χ4v) is 4.03. The maximum absolute atomic E-state index is 12.3. The van der Waals surface area contributed by atoms with Crippen LogP contribution in [0.5, 0.6) is 0 Å². The molecule has 0 saturated carbocycles. The molecule has 2 N–H and O–H groups in total. The van der Waals surface area contributed by atoms with Crippen LogP contribution in [-0.4, -0.2) is 36.3 Å². The molecule has 2 atom stereocenters. The molecule has 0 fully saturated rings. The van der Waals surface area contributed by atoms with Crippen LogP contribution in [-0.2, 0) is 15.9 Å². The van der Waals surface area contributed by atoms with Crippen LogP contribution in [0, 0.1) is 0 Å². The van der Waals surface area contributed by atoms with Crippen LogP contribution in [0.1, 0.15) is 54.0 Å². The van der Waals surface area contributed by atoms with Gasteiger partial charge in [0.2, 0.25) is 0 Å². The number of fused-ring (bicyclic) bond motifs is 3. The largest absolute Gasteiger partial charge is 0.456 e. The zero-order chi connectivity index (χ0) is 20.6. The van der Waals surface area contributed by atoms with Crippen molar-refractivity contribution in [2.24, 2.45) is 0 Å². The zero-order valence-electron chi connectivity index (χ0n) is 17.4. The highest BCUT2D eigenvalue weighted by Gasteiger charge is 2.30. The van der Waals surface area contributed by atoms with Crippen molar-refractivity contribution < 1.29 is 14.3 Å². The third-order valence-electron chi connectivity index (χ3n) is 5.23. The zero-order valence-corrected chi connectivity index (χ0v) is 17.4. The van der Waals surface area contributed by atoms with Crippen molar-refractivity contribution in [2.45, 2.75) is 44.9 Å². The summed E-state index contributed by atoms with van der Waals surface area (Å²) in [7, 11) is 1.73. The van der Waals surface area contributed by atoms with Crippen LogP contribution in [0.25, 0.3) is 10.9 Å². The van der Waals surface area contributed by atoms with Crippen molar-refractivity contribution >= 4 is 16.9 Å². The summed E-state index contributed by atoms with van der Waals surface area (Å²) in [5.74, 6) is -0.302. The van der Waals surface area contributed by atoms with E-state index in [2.05, 4.69) is 34.6 Å². The quantitative estimate of drug-likeness (QED) is 0.647. The number of nitrogens with one attached hydrogen (secondary N) is 2. The molecule has 0 amide bonds. The minimum absolute atomic E-state index is 0.0130. The van der Waals surface area contributed by atoms with Crippen molar-refractivity contribution in [1.82, 2.24) is 10.3 Å². The molecule has 5 heteroatoms. The van der Waals surface area contributed by atoms with Crippen LogP contribution in [0.2, 0.25) is 0 Å². The number of methoxy groups -OCH3 is 1. The van der Waals surface area contributed by atoms with E-state index in [-0.39, 0.29) is 18.1 Å². The molecule has 152 valence electrons. The lowest BCUT2D eigenvalue weighted by Gasteiger charge is -2.31. The molecule has 0 aliphatic carbocycles. The summed E-state index contributed by atoms with van der Waals surface area (Å²) in [5, 5.41) is 4.97. The van der Waals surface area contributed by atoms with E-state index >= 15 is 0 Å². The van der Waals surface area contributed by atoms with Crippen molar-refractivity contribution in [1.29, 1.82) is 0 Å². The van der Waals surface area contributed by atoms with Crippen LogP contribution in [0.4, 0.5) is 0 Å². The number of benzene rings is 2. The molecular weight excluding hydrogens is 364 g/mol. The number of aromatic nitrogens is 1. The van der Waals surface area contributed by atoms with Crippen molar-refractivity contribution in [3.05, 3.63) is 70.9 Å². The van der Waals surface area contributed by atoms with Gasteiger partial charge in [-0.15, -0.1) is 0 Å². The molecule has 29 heavy (non-hydrogen) atoms. The monoisotopic (exact) mass is 392 g/mol. The number of carbonyl (C=O) groups is 1. The summed E-state index contributed by atoms with van der Waals surface area (Å²) in [5.41, 5.74) is 4.82. The van der Waals surface area contributed by atoms with Gasteiger partial charge in [0.25, 0.3) is 0 Å². The van der Waals surface area contributed by atoms with Crippen LogP contribution >= 0.6 is 0 Å². The molecule has 0 bridgehead atoms. The third-order valence-corrected chi connectivity index (χ3v) is 5.23. The van der Waals surface area contributed by atoms with Crippen molar-refractivity contribution in [3.63, 3.8) is 0 Å². The molecular formula is C24H28N2O3. The van der Waals surface area contributed by atoms with Crippen LogP contribution in [0.15, 0.2) is 48.5 Å². The second-order valence-electron chi connectivity index (χ2n) is 8.64. The summed E-state index contributed by atoms with van der Waals surface area (Å²) >= 11 is 0. The average molecular weight is 392 g/mol. The van der Waals surface area contributed by atoms with Gasteiger partial charge in [0, 0.05) is 29.7 Å². The Morgan fingerprint density at radius 2 is 1.83 bits per heavy atom. The molecule has 0 unspecified atom stereocenters. The lowest BCUT2D eigenvalue weighted by Crippen LogP contribution is -2.42. The predicted molar refractivity (Wildman–Crippen MR) is 114 cm³/mol.